The van der Waals surface area contributed by atoms with Crippen LogP contribution in [0, 0.1) is 97.6 Å². The molecule has 9 aliphatic carbocycles. The van der Waals surface area contributed by atoms with Gasteiger partial charge in [-0.3, -0.25) is 14.4 Å². The monoisotopic (exact) mass is 913 g/mol. The highest BCUT2D eigenvalue weighted by molar-refractivity contribution is 5.76. The molecule has 14 unspecified atom stereocenters. The van der Waals surface area contributed by atoms with Gasteiger partial charge in [0.05, 0.1) is 16.2 Å². The van der Waals surface area contributed by atoms with Crippen LogP contribution in [-0.4, -0.2) is 33.2 Å². The molecule has 0 spiro atoms. The third-order valence-corrected chi connectivity index (χ3v) is 22.6. The van der Waals surface area contributed by atoms with Crippen LogP contribution in [0.2, 0.25) is 0 Å². The third-order valence-electron chi connectivity index (χ3n) is 22.6. The number of allylic oxidation sites excluding steroid dienone is 6. The van der Waals surface area contributed by atoms with Crippen LogP contribution in [0.4, 0.5) is 0 Å². The highest BCUT2D eigenvalue weighted by Gasteiger charge is 2.60. The topological polar surface area (TPSA) is 112 Å². The number of rotatable bonds is 6. The first-order valence-electron chi connectivity index (χ1n) is 27.7. The molecule has 0 amide bonds. The molecule has 0 saturated heterocycles. The number of hydrogen-bond donors (Lipinski definition) is 3. The lowest BCUT2D eigenvalue weighted by molar-refractivity contribution is -0.164. The van der Waals surface area contributed by atoms with Gasteiger partial charge < -0.3 is 15.3 Å². The molecule has 0 heterocycles. The molecule has 3 N–H and O–H groups in total. The maximum atomic E-state index is 12.0. The summed E-state index contributed by atoms with van der Waals surface area (Å²) in [5, 5.41) is 29.5. The van der Waals surface area contributed by atoms with Crippen LogP contribution in [0.1, 0.15) is 224 Å². The van der Waals surface area contributed by atoms with Gasteiger partial charge in [0.2, 0.25) is 0 Å². The molecule has 372 valence electrons. The van der Waals surface area contributed by atoms with E-state index in [0.717, 1.165) is 106 Å². The van der Waals surface area contributed by atoms with Crippen molar-refractivity contribution in [3.8, 4) is 0 Å². The van der Waals surface area contributed by atoms with Crippen LogP contribution in [-0.2, 0) is 14.4 Å². The second-order valence-corrected chi connectivity index (χ2v) is 26.9. The molecular weight excluding hydrogens is 817 g/mol. The number of hydrogen-bond acceptors (Lipinski definition) is 3. The largest absolute Gasteiger partial charge is 0.481 e. The van der Waals surface area contributed by atoms with E-state index in [1.54, 1.807) is 22.3 Å². The molecule has 9 rings (SSSR count). The zero-order valence-corrected chi connectivity index (χ0v) is 44.1. The summed E-state index contributed by atoms with van der Waals surface area (Å²) < 4.78 is 0. The molecule has 5 fully saturated rings. The van der Waals surface area contributed by atoms with Gasteiger partial charge in [-0.15, -0.1) is 0 Å². The fourth-order valence-electron chi connectivity index (χ4n) is 18.2. The Hall–Kier alpha value is -2.37. The van der Waals surface area contributed by atoms with E-state index >= 15 is 0 Å². The Labute approximate surface area is 402 Å². The van der Waals surface area contributed by atoms with Gasteiger partial charge in [-0.2, -0.15) is 0 Å². The Morgan fingerprint density at radius 2 is 1.02 bits per heavy atom. The molecular formula is C60H96O6. The standard InChI is InChI=1S/3C20H32O2/c3*1-13(2)14-6-8-16-15(12-14)7-9-17-19(16,3)10-5-11-20(17,4)18(21)22/h13-14,17H,5-12H2,1-4H3,(H,21,22);12-14,16-17H,5-11H2,1-4H3,(H,21,22);7,13-14,16-17H,5-6,8-12H2,1-4H3,(H,21,22). The average molecular weight is 913 g/mol. The molecule has 0 bridgehead atoms. The Bertz CT molecular complexity index is 1890. The van der Waals surface area contributed by atoms with Crippen molar-refractivity contribution in [3.63, 3.8) is 0 Å². The molecule has 5 saturated carbocycles. The van der Waals surface area contributed by atoms with Crippen molar-refractivity contribution in [2.24, 2.45) is 97.6 Å². The van der Waals surface area contributed by atoms with E-state index in [9.17, 15) is 29.7 Å². The minimum absolute atomic E-state index is 0.154. The average Bonchev–Trinajstić information content (AvgIpc) is 3.26. The summed E-state index contributed by atoms with van der Waals surface area (Å²) in [7, 11) is 0. The minimum Gasteiger partial charge on any atom is -0.481 e. The first kappa shape index (κ1) is 51.5. The molecule has 6 nitrogen and oxygen atoms in total. The Morgan fingerprint density at radius 1 is 0.515 bits per heavy atom. The van der Waals surface area contributed by atoms with Crippen LogP contribution in [0.3, 0.4) is 0 Å². The van der Waals surface area contributed by atoms with Crippen molar-refractivity contribution < 1.29 is 29.7 Å². The summed E-state index contributed by atoms with van der Waals surface area (Å²) in [4.78, 5) is 35.9. The zero-order chi connectivity index (χ0) is 48.4. The number of carboxylic acids is 3. The lowest BCUT2D eigenvalue weighted by atomic mass is 9.45. The number of fused-ring (bicyclic) bond motifs is 8. The van der Waals surface area contributed by atoms with Gasteiger partial charge in [-0.1, -0.05) is 116 Å². The number of aliphatic carboxylic acids is 3. The first-order chi connectivity index (χ1) is 30.9. The summed E-state index contributed by atoms with van der Waals surface area (Å²) in [5.74, 6) is 5.26. The summed E-state index contributed by atoms with van der Waals surface area (Å²) in [5.41, 5.74) is 5.73. The number of carbonyl (C=O) groups is 3. The maximum Gasteiger partial charge on any atom is 0.309 e. The predicted octanol–water partition coefficient (Wildman–Crippen LogP) is 16.0. The van der Waals surface area contributed by atoms with Gasteiger partial charge >= 0.3 is 17.9 Å². The third kappa shape index (κ3) is 8.89. The van der Waals surface area contributed by atoms with E-state index in [2.05, 4.69) is 74.5 Å². The summed E-state index contributed by atoms with van der Waals surface area (Å²) >= 11 is 0. The summed E-state index contributed by atoms with van der Waals surface area (Å²) in [6.45, 7) is 27.3. The maximum absolute atomic E-state index is 12.0. The van der Waals surface area contributed by atoms with E-state index in [1.807, 2.05) is 20.8 Å². The van der Waals surface area contributed by atoms with Crippen molar-refractivity contribution in [3.05, 3.63) is 34.4 Å². The van der Waals surface area contributed by atoms with Crippen molar-refractivity contribution >= 4 is 17.9 Å². The second kappa shape index (κ2) is 19.1. The smallest absolute Gasteiger partial charge is 0.309 e. The van der Waals surface area contributed by atoms with Crippen molar-refractivity contribution in [2.75, 3.05) is 0 Å². The van der Waals surface area contributed by atoms with Crippen LogP contribution in [0.25, 0.3) is 0 Å². The van der Waals surface area contributed by atoms with Crippen LogP contribution in [0.5, 0.6) is 0 Å². The quantitative estimate of drug-likeness (QED) is 0.229. The molecule has 0 aliphatic heterocycles. The van der Waals surface area contributed by atoms with E-state index in [4.69, 9.17) is 0 Å². The number of carboxylic acid groups (broad SMARTS) is 3. The van der Waals surface area contributed by atoms with Crippen molar-refractivity contribution in [1.82, 2.24) is 0 Å². The van der Waals surface area contributed by atoms with Crippen molar-refractivity contribution in [2.45, 2.75) is 224 Å². The highest BCUT2D eigenvalue weighted by Crippen LogP contribution is 2.66. The van der Waals surface area contributed by atoms with Crippen LogP contribution < -0.4 is 0 Å². The fraction of sp³-hybridized carbons (Fsp3) is 0.850. The molecule has 6 heteroatoms. The first-order valence-corrected chi connectivity index (χ1v) is 27.7. The van der Waals surface area contributed by atoms with Gasteiger partial charge in [-0.05, 0) is 224 Å². The SMILES string of the molecule is CC(C)C1C=C2CCC3C(C)(C(=O)O)CCCC3(C)C2CC1.CC(C)C1CCC2=C(CCC3C(C)(C(=O)O)CCCC23C)C1.CC(C)C1CCC2C(=CCC3C(C)(C(=O)O)CCCC23C)C1. The lowest BCUT2D eigenvalue weighted by Crippen LogP contribution is -2.54. The molecule has 0 aromatic heterocycles. The normalized spacial score (nSPS) is 44.0. The van der Waals surface area contributed by atoms with E-state index in [-0.39, 0.29) is 16.2 Å². The molecule has 0 aromatic rings. The van der Waals surface area contributed by atoms with Gasteiger partial charge in [0.1, 0.15) is 0 Å². The lowest BCUT2D eigenvalue weighted by Gasteiger charge is -2.58. The van der Waals surface area contributed by atoms with Crippen LogP contribution in [0.15, 0.2) is 34.4 Å². The summed E-state index contributed by atoms with van der Waals surface area (Å²) in [6.07, 6.45) is 30.1. The predicted molar refractivity (Wildman–Crippen MR) is 269 cm³/mol. The van der Waals surface area contributed by atoms with E-state index in [0.29, 0.717) is 29.6 Å². The molecule has 66 heavy (non-hydrogen) atoms. The minimum atomic E-state index is -0.573. The molecule has 0 radical (unpaired) electrons. The Balaban J connectivity index is 0.000000147. The van der Waals surface area contributed by atoms with Gasteiger partial charge in [-0.25, -0.2) is 0 Å². The van der Waals surface area contributed by atoms with Crippen molar-refractivity contribution in [1.29, 1.82) is 0 Å². The Kier molecular flexibility index (Phi) is 14.9. The van der Waals surface area contributed by atoms with Gasteiger partial charge in [0.15, 0.2) is 0 Å². The Morgan fingerprint density at radius 3 is 1.59 bits per heavy atom. The second-order valence-electron chi connectivity index (χ2n) is 26.9. The van der Waals surface area contributed by atoms with Gasteiger partial charge in [0.25, 0.3) is 0 Å². The van der Waals surface area contributed by atoms with Crippen LogP contribution >= 0.6 is 0 Å². The zero-order valence-electron chi connectivity index (χ0n) is 44.1. The van der Waals surface area contributed by atoms with E-state index < -0.39 is 34.2 Å². The summed E-state index contributed by atoms with van der Waals surface area (Å²) in [6, 6.07) is 0. The molecule has 0 aromatic carbocycles. The van der Waals surface area contributed by atoms with E-state index in [1.165, 1.54) is 70.6 Å². The highest BCUT2D eigenvalue weighted by atomic mass is 16.4. The molecule has 9 aliphatic rings. The molecule has 14 atom stereocenters. The fourth-order valence-corrected chi connectivity index (χ4v) is 18.2. The van der Waals surface area contributed by atoms with Gasteiger partial charge in [0, 0.05) is 0 Å².